The Bertz CT molecular complexity index is 1220. The number of azide groups is 1. The zero-order valence-electron chi connectivity index (χ0n) is 18.6. The summed E-state index contributed by atoms with van der Waals surface area (Å²) in [4.78, 5) is 32.3. The lowest BCUT2D eigenvalue weighted by molar-refractivity contribution is -0.146. The minimum Gasteiger partial charge on any atom is -0.479 e. The minimum atomic E-state index is -1.73. The average molecular weight is 447 g/mol. The molecular weight excluding hydrogens is 422 g/mol. The van der Waals surface area contributed by atoms with Crippen LogP contribution in [0.4, 0.5) is 10.6 Å². The van der Waals surface area contributed by atoms with E-state index in [4.69, 9.17) is 10.3 Å². The first-order valence-corrected chi connectivity index (χ1v) is 10.3. The van der Waals surface area contributed by atoms with Crippen LogP contribution in [0.25, 0.3) is 21.3 Å². The number of nitrogens with zero attached hydrogens (tertiary/aromatic N) is 4. The predicted molar refractivity (Wildman–Crippen MR) is 124 cm³/mol. The number of pyridine rings is 1. The maximum Gasteiger partial charge on any atom is 0.408 e. The number of alkyl carbamates (subject to hydrolysis) is 1. The zero-order chi connectivity index (χ0) is 24.1. The summed E-state index contributed by atoms with van der Waals surface area (Å²) in [5.74, 6) is -0.994. The molecule has 170 valence electrons. The van der Waals surface area contributed by atoms with Crippen LogP contribution in [-0.4, -0.2) is 22.2 Å². The highest BCUT2D eigenvalue weighted by atomic mass is 16.5. The maximum absolute atomic E-state index is 12.7. The quantitative estimate of drug-likeness (QED) is 0.267. The Morgan fingerprint density at radius 1 is 1.12 bits per heavy atom. The molecular formula is C24H25N5O4. The van der Waals surface area contributed by atoms with Gasteiger partial charge in [0.25, 0.3) is 0 Å². The predicted octanol–water partition coefficient (Wildman–Crippen LogP) is 5.82. The number of carbonyl (C=O) groups is 2. The fraction of sp³-hybridized carbons (Fsp3) is 0.292. The van der Waals surface area contributed by atoms with Gasteiger partial charge in [0.05, 0.1) is 5.52 Å². The number of amides is 1. The molecule has 0 fully saturated rings. The highest BCUT2D eigenvalue weighted by Crippen LogP contribution is 2.37. The highest BCUT2D eigenvalue weighted by molar-refractivity contribution is 5.89. The molecule has 0 spiro atoms. The fourth-order valence-corrected chi connectivity index (χ4v) is 3.68. The topological polar surface area (TPSA) is 137 Å². The number of aliphatic carboxylic acids is 1. The third kappa shape index (κ3) is 5.78. The molecule has 3 rings (SSSR count). The van der Waals surface area contributed by atoms with E-state index in [0.29, 0.717) is 16.5 Å². The standard InChI is InChI=1S/C24H25N5O4/c1-23(2,3)15-24(21(30)31,27-22(32)33-14-16-7-5-4-6-8-16)18-10-11-19-17(13-18)9-12-20(26-19)28-29-25/h4-13H,14-15H2,1-3H3,(H,27,32)(H,30,31). The largest absolute Gasteiger partial charge is 0.479 e. The van der Waals surface area contributed by atoms with Crippen molar-refractivity contribution in [1.29, 1.82) is 0 Å². The van der Waals surface area contributed by atoms with Crippen LogP contribution in [0.15, 0.2) is 65.8 Å². The van der Waals surface area contributed by atoms with Crippen molar-refractivity contribution in [3.8, 4) is 0 Å². The zero-order valence-corrected chi connectivity index (χ0v) is 18.6. The number of carboxylic acid groups (broad SMARTS) is 1. The van der Waals surface area contributed by atoms with Gasteiger partial charge in [0, 0.05) is 10.3 Å². The van der Waals surface area contributed by atoms with Gasteiger partial charge in [-0.3, -0.25) is 0 Å². The summed E-state index contributed by atoms with van der Waals surface area (Å²) in [5.41, 5.74) is 8.14. The van der Waals surface area contributed by atoms with Crippen LogP contribution >= 0.6 is 0 Å². The van der Waals surface area contributed by atoms with Gasteiger partial charge in [0.1, 0.15) is 12.4 Å². The molecule has 1 heterocycles. The van der Waals surface area contributed by atoms with Gasteiger partial charge in [0.2, 0.25) is 0 Å². The van der Waals surface area contributed by atoms with E-state index < -0.39 is 23.0 Å². The average Bonchev–Trinajstić information content (AvgIpc) is 2.76. The molecule has 2 aromatic carbocycles. The Morgan fingerprint density at radius 3 is 2.48 bits per heavy atom. The number of hydrogen-bond acceptors (Lipinski definition) is 5. The van der Waals surface area contributed by atoms with Crippen LogP contribution in [-0.2, 0) is 21.7 Å². The van der Waals surface area contributed by atoms with E-state index >= 15 is 0 Å². The molecule has 0 aliphatic heterocycles. The number of carboxylic acids is 1. The van der Waals surface area contributed by atoms with E-state index in [1.54, 1.807) is 30.3 Å². The van der Waals surface area contributed by atoms with Crippen LogP contribution in [0.2, 0.25) is 0 Å². The third-order valence-corrected chi connectivity index (χ3v) is 5.00. The Balaban J connectivity index is 1.99. The Kier molecular flexibility index (Phi) is 6.84. The van der Waals surface area contributed by atoms with Gasteiger partial charge in [0.15, 0.2) is 5.54 Å². The smallest absolute Gasteiger partial charge is 0.408 e. The second-order valence-corrected chi connectivity index (χ2v) is 8.90. The van der Waals surface area contributed by atoms with Gasteiger partial charge in [-0.2, -0.15) is 0 Å². The summed E-state index contributed by atoms with van der Waals surface area (Å²) >= 11 is 0. The van der Waals surface area contributed by atoms with E-state index in [1.807, 2.05) is 51.1 Å². The Morgan fingerprint density at radius 2 is 1.85 bits per heavy atom. The molecule has 33 heavy (non-hydrogen) atoms. The van der Waals surface area contributed by atoms with Crippen LogP contribution in [0, 0.1) is 5.41 Å². The van der Waals surface area contributed by atoms with Crippen molar-refractivity contribution in [3.63, 3.8) is 0 Å². The number of fused-ring (bicyclic) bond motifs is 1. The molecule has 1 unspecified atom stereocenters. The molecule has 1 amide bonds. The van der Waals surface area contributed by atoms with Gasteiger partial charge in [-0.05, 0) is 51.8 Å². The van der Waals surface area contributed by atoms with Crippen molar-refractivity contribution >= 4 is 28.8 Å². The molecule has 1 aromatic heterocycles. The normalized spacial score (nSPS) is 12.9. The van der Waals surface area contributed by atoms with Crippen molar-refractivity contribution in [2.24, 2.45) is 10.5 Å². The number of rotatable bonds is 7. The van der Waals surface area contributed by atoms with Gasteiger partial charge >= 0.3 is 12.1 Å². The second-order valence-electron chi connectivity index (χ2n) is 8.90. The molecule has 3 aromatic rings. The number of nitrogens with one attached hydrogen (secondary N) is 1. The van der Waals surface area contributed by atoms with Crippen molar-refractivity contribution < 1.29 is 19.4 Å². The van der Waals surface area contributed by atoms with Crippen LogP contribution < -0.4 is 5.32 Å². The molecule has 0 aliphatic carbocycles. The van der Waals surface area contributed by atoms with E-state index in [1.165, 1.54) is 0 Å². The van der Waals surface area contributed by atoms with E-state index in [9.17, 15) is 14.7 Å². The van der Waals surface area contributed by atoms with Gasteiger partial charge < -0.3 is 15.2 Å². The molecule has 0 saturated carbocycles. The first-order valence-electron chi connectivity index (χ1n) is 10.3. The number of hydrogen-bond donors (Lipinski definition) is 2. The lowest BCUT2D eigenvalue weighted by atomic mass is 9.75. The summed E-state index contributed by atoms with van der Waals surface area (Å²) < 4.78 is 5.33. The monoisotopic (exact) mass is 447 g/mol. The lowest BCUT2D eigenvalue weighted by Gasteiger charge is -2.36. The molecule has 0 saturated heterocycles. The van der Waals surface area contributed by atoms with E-state index in [-0.39, 0.29) is 18.8 Å². The Hall–Kier alpha value is -4.10. The van der Waals surface area contributed by atoms with Crippen LogP contribution in [0.1, 0.15) is 38.3 Å². The summed E-state index contributed by atoms with van der Waals surface area (Å²) in [6, 6.07) is 17.3. The third-order valence-electron chi connectivity index (χ3n) is 5.00. The number of carbonyl (C=O) groups excluding carboxylic acids is 1. The van der Waals surface area contributed by atoms with Crippen molar-refractivity contribution in [1.82, 2.24) is 10.3 Å². The van der Waals surface area contributed by atoms with Crippen molar-refractivity contribution in [2.45, 2.75) is 39.3 Å². The van der Waals surface area contributed by atoms with Gasteiger partial charge in [-0.1, -0.05) is 63.2 Å². The van der Waals surface area contributed by atoms with E-state index in [0.717, 1.165) is 5.56 Å². The minimum absolute atomic E-state index is 0.0156. The number of ether oxygens (including phenoxy) is 1. The molecule has 2 N–H and O–H groups in total. The summed E-state index contributed by atoms with van der Waals surface area (Å²) in [6.07, 6.45) is -0.715. The molecule has 0 bridgehead atoms. The number of aromatic nitrogens is 1. The van der Waals surface area contributed by atoms with Crippen molar-refractivity contribution in [3.05, 3.63) is 82.2 Å². The number of benzene rings is 2. The highest BCUT2D eigenvalue weighted by Gasteiger charge is 2.45. The molecule has 9 nitrogen and oxygen atoms in total. The van der Waals surface area contributed by atoms with Gasteiger partial charge in [-0.15, -0.1) is 0 Å². The lowest BCUT2D eigenvalue weighted by Crippen LogP contribution is -2.54. The Labute approximate surface area is 191 Å². The summed E-state index contributed by atoms with van der Waals surface area (Å²) in [6.45, 7) is 5.71. The molecule has 0 aliphatic rings. The first-order chi connectivity index (χ1) is 15.6. The van der Waals surface area contributed by atoms with Gasteiger partial charge in [-0.25, -0.2) is 14.6 Å². The second kappa shape index (κ2) is 9.58. The first kappa shape index (κ1) is 23.6. The van der Waals surface area contributed by atoms with Crippen LogP contribution in [0.5, 0.6) is 0 Å². The SMILES string of the molecule is CC(C)(C)CC(NC(=O)OCc1ccccc1)(C(=O)O)c1ccc2nc(N=[N+]=[N-])ccc2c1. The van der Waals surface area contributed by atoms with Crippen LogP contribution in [0.3, 0.4) is 0 Å². The molecule has 0 radical (unpaired) electrons. The maximum atomic E-state index is 12.7. The molecule has 1 atom stereocenters. The van der Waals surface area contributed by atoms with E-state index in [2.05, 4.69) is 20.3 Å². The van der Waals surface area contributed by atoms with Crippen molar-refractivity contribution in [2.75, 3.05) is 0 Å². The molecule has 9 heteroatoms. The summed E-state index contributed by atoms with van der Waals surface area (Å²) in [5, 5.41) is 17.1. The fourth-order valence-electron chi connectivity index (χ4n) is 3.68. The summed E-state index contributed by atoms with van der Waals surface area (Å²) in [7, 11) is 0.